The molecule has 14 nitrogen and oxygen atoms in total. The smallest absolute Gasteiger partial charge is 0.252 e. The zero-order valence-corrected chi connectivity index (χ0v) is 33.4. The molecule has 0 saturated carbocycles. The van der Waals surface area contributed by atoms with Crippen molar-refractivity contribution in [2.24, 2.45) is 9.98 Å². The summed E-state index contributed by atoms with van der Waals surface area (Å²) >= 11 is 0. The van der Waals surface area contributed by atoms with Gasteiger partial charge in [-0.25, -0.2) is 15.0 Å². The van der Waals surface area contributed by atoms with Crippen LogP contribution in [0.15, 0.2) is 131 Å². The number of nitrogens with zero attached hydrogens (tertiary/aromatic N) is 6. The average molecular weight is 807 g/mol. The highest BCUT2D eigenvalue weighted by atomic mass is 17.2. The Balaban J connectivity index is 0.925. The number of imidazole rings is 1. The maximum atomic E-state index is 13.9. The van der Waals surface area contributed by atoms with Crippen LogP contribution in [-0.2, 0) is 29.1 Å². The lowest BCUT2D eigenvalue weighted by Crippen LogP contribution is -2.34. The SMILES string of the molecule is COO/C=N\[C@@H](C(=O)N1CCC[C@H]1c1cc(-c2ccc(-c3ccc(-c4cnc([C@@H]5CCCN5C(=O)[C@H](/N=C\OOC)c5ccccc5)[nH]4)cc3)cc2)n[nH]1)c1ccccc1. The maximum absolute atomic E-state index is 13.9. The molecule has 2 saturated heterocycles. The van der Waals surface area contributed by atoms with E-state index in [2.05, 4.69) is 83.5 Å². The first-order chi connectivity index (χ1) is 29.5. The molecule has 4 heterocycles. The van der Waals surface area contributed by atoms with E-state index in [1.807, 2.05) is 82.7 Å². The van der Waals surface area contributed by atoms with Crippen molar-refractivity contribution in [3.05, 3.63) is 144 Å². The van der Waals surface area contributed by atoms with Gasteiger partial charge in [-0.1, -0.05) is 109 Å². The number of aliphatic imine (C=N–C) groups is 2. The van der Waals surface area contributed by atoms with Crippen LogP contribution in [0.2, 0.25) is 0 Å². The highest BCUT2D eigenvalue weighted by molar-refractivity contribution is 5.86. The average Bonchev–Trinajstić information content (AvgIpc) is 4.15. The number of likely N-dealkylation sites (tertiary alicyclic amines) is 2. The lowest BCUT2D eigenvalue weighted by atomic mass is 10.0. The predicted octanol–water partition coefficient (Wildman–Crippen LogP) is 8.16. The van der Waals surface area contributed by atoms with E-state index >= 15 is 0 Å². The Kier molecular flexibility index (Phi) is 12.5. The van der Waals surface area contributed by atoms with E-state index in [-0.39, 0.29) is 23.9 Å². The Morgan fingerprint density at radius 3 is 1.73 bits per heavy atom. The van der Waals surface area contributed by atoms with Gasteiger partial charge >= 0.3 is 0 Å². The molecule has 2 fully saturated rings. The van der Waals surface area contributed by atoms with Crippen molar-refractivity contribution in [3.63, 3.8) is 0 Å². The number of H-pyrrole nitrogens is 2. The van der Waals surface area contributed by atoms with Crippen molar-refractivity contribution in [3.8, 4) is 33.6 Å². The molecule has 0 aliphatic carbocycles. The molecule has 2 aliphatic rings. The first-order valence-electron chi connectivity index (χ1n) is 20.0. The number of carbonyl (C=O) groups excluding carboxylic acids is 2. The van der Waals surface area contributed by atoms with Crippen LogP contribution in [0.25, 0.3) is 33.6 Å². The minimum Gasteiger partial charge on any atom is -0.340 e. The van der Waals surface area contributed by atoms with E-state index in [0.717, 1.165) is 88.4 Å². The molecule has 2 amide bonds. The van der Waals surface area contributed by atoms with Crippen molar-refractivity contribution in [2.75, 3.05) is 27.3 Å². The third kappa shape index (κ3) is 8.75. The standard InChI is InChI=1S/C46H46N8O6/c1-57-59-29-48-42(35-11-5-3-6-12-35)45(55)53-25-9-15-40(53)38-27-37(51-52-38)33-21-17-31(18-22-33)32-19-23-34(24-20-32)39-28-47-44(50-39)41-16-10-26-54(41)46(56)43(49-30-60-58-2)36-13-7-4-8-14-36/h3-8,11-14,17-24,27-30,40-43H,9-10,15-16,25-26H2,1-2H3,(H,47,50)(H,51,52)/b48-29-,49-30-/t40-,41-,42+,43+/m0/s1. The highest BCUT2D eigenvalue weighted by Gasteiger charge is 2.37. The Hall–Kier alpha value is -6.90. The van der Waals surface area contributed by atoms with Crippen molar-refractivity contribution in [1.29, 1.82) is 0 Å². The fourth-order valence-electron chi connectivity index (χ4n) is 8.08. The molecule has 60 heavy (non-hydrogen) atoms. The zero-order chi connectivity index (χ0) is 41.3. The number of rotatable bonds is 15. The summed E-state index contributed by atoms with van der Waals surface area (Å²) in [6, 6.07) is 35.7. The molecule has 8 rings (SSSR count). The van der Waals surface area contributed by atoms with Gasteiger partial charge < -0.3 is 24.6 Å². The number of hydrogen-bond acceptors (Lipinski definition) is 10. The quantitative estimate of drug-likeness (QED) is 0.0455. The molecule has 0 radical (unpaired) electrons. The van der Waals surface area contributed by atoms with Gasteiger partial charge in [-0.3, -0.25) is 14.7 Å². The second kappa shape index (κ2) is 18.8. The Morgan fingerprint density at radius 2 is 1.18 bits per heavy atom. The van der Waals surface area contributed by atoms with Gasteiger partial charge in [-0.05, 0) is 59.6 Å². The highest BCUT2D eigenvalue weighted by Crippen LogP contribution is 2.37. The second-order valence-corrected chi connectivity index (χ2v) is 14.6. The number of aromatic nitrogens is 4. The Morgan fingerprint density at radius 1 is 0.683 bits per heavy atom. The van der Waals surface area contributed by atoms with Crippen molar-refractivity contribution >= 4 is 24.6 Å². The van der Waals surface area contributed by atoms with Crippen LogP contribution >= 0.6 is 0 Å². The number of nitrogens with one attached hydrogen (secondary N) is 2. The van der Waals surface area contributed by atoms with E-state index in [1.54, 1.807) is 0 Å². The molecule has 14 heteroatoms. The van der Waals surface area contributed by atoms with E-state index in [1.165, 1.54) is 20.6 Å². The normalized spacial score (nSPS) is 17.7. The molecule has 0 spiro atoms. The monoisotopic (exact) mass is 806 g/mol. The topological polar surface area (TPSA) is 160 Å². The number of benzene rings is 4. The first kappa shape index (κ1) is 39.9. The van der Waals surface area contributed by atoms with Gasteiger partial charge in [0.1, 0.15) is 5.82 Å². The third-order valence-electron chi connectivity index (χ3n) is 11.0. The lowest BCUT2D eigenvalue weighted by Gasteiger charge is -2.26. The van der Waals surface area contributed by atoms with Crippen molar-refractivity contribution in [1.82, 2.24) is 30.0 Å². The van der Waals surface area contributed by atoms with E-state index in [9.17, 15) is 9.59 Å². The lowest BCUT2D eigenvalue weighted by molar-refractivity contribution is -0.188. The number of aromatic amines is 2. The van der Waals surface area contributed by atoms with Crippen LogP contribution in [0.3, 0.4) is 0 Å². The number of hydrogen-bond donors (Lipinski definition) is 2. The molecule has 0 bridgehead atoms. The molecule has 4 atom stereocenters. The van der Waals surface area contributed by atoms with Gasteiger partial charge in [-0.15, -0.1) is 0 Å². The number of carbonyl (C=O) groups is 2. The van der Waals surface area contributed by atoms with Crippen LogP contribution in [-0.4, -0.2) is 81.9 Å². The van der Waals surface area contributed by atoms with Crippen molar-refractivity contribution in [2.45, 2.75) is 49.9 Å². The van der Waals surface area contributed by atoms with Gasteiger partial charge in [0.2, 0.25) is 12.8 Å². The molecular weight excluding hydrogens is 761 g/mol. The van der Waals surface area contributed by atoms with Crippen molar-refractivity contribution < 1.29 is 29.1 Å². The molecular formula is C46H46N8O6. The predicted molar refractivity (Wildman–Crippen MR) is 226 cm³/mol. The van der Waals surface area contributed by atoms with Gasteiger partial charge in [0.25, 0.3) is 11.8 Å². The summed E-state index contributed by atoms with van der Waals surface area (Å²) in [5, 5.41) is 7.85. The zero-order valence-electron chi connectivity index (χ0n) is 33.4. The Bertz CT molecular complexity index is 2230. The van der Waals surface area contributed by atoms with E-state index in [4.69, 9.17) is 14.8 Å². The van der Waals surface area contributed by atoms with Crippen LogP contribution in [0, 0.1) is 0 Å². The number of amides is 2. The summed E-state index contributed by atoms with van der Waals surface area (Å²) in [7, 11) is 2.78. The fraction of sp³-hybridized carbons (Fsp3) is 0.261. The summed E-state index contributed by atoms with van der Waals surface area (Å²) in [6.45, 7) is 1.23. The van der Waals surface area contributed by atoms with Crippen LogP contribution in [0.4, 0.5) is 0 Å². The third-order valence-corrected chi connectivity index (χ3v) is 11.0. The van der Waals surface area contributed by atoms with Gasteiger partial charge in [-0.2, -0.15) is 14.9 Å². The van der Waals surface area contributed by atoms with Gasteiger partial charge in [0.15, 0.2) is 12.1 Å². The second-order valence-electron chi connectivity index (χ2n) is 14.6. The molecule has 6 aromatic rings. The van der Waals surface area contributed by atoms with Crippen LogP contribution in [0.5, 0.6) is 0 Å². The van der Waals surface area contributed by atoms with E-state index < -0.39 is 12.1 Å². The minimum atomic E-state index is -0.766. The first-order valence-corrected chi connectivity index (χ1v) is 20.0. The van der Waals surface area contributed by atoms with Gasteiger partial charge in [0, 0.05) is 18.7 Å². The molecule has 0 unspecified atom stereocenters. The molecule has 2 aromatic heterocycles. The molecule has 306 valence electrons. The maximum Gasteiger partial charge on any atom is 0.252 e. The fourth-order valence-corrected chi connectivity index (χ4v) is 8.08. The summed E-state index contributed by atoms with van der Waals surface area (Å²) in [5.41, 5.74) is 8.19. The summed E-state index contributed by atoms with van der Waals surface area (Å²) in [6.07, 6.45) is 7.50. The summed E-state index contributed by atoms with van der Waals surface area (Å²) < 4.78 is 0. The summed E-state index contributed by atoms with van der Waals surface area (Å²) in [4.78, 5) is 67.6. The molecule has 4 aromatic carbocycles. The summed E-state index contributed by atoms with van der Waals surface area (Å²) in [5.74, 6) is 0.508. The van der Waals surface area contributed by atoms with Crippen LogP contribution in [0.1, 0.15) is 72.5 Å². The molecule has 2 aliphatic heterocycles. The minimum absolute atomic E-state index is 0.111. The Labute approximate surface area is 347 Å². The van der Waals surface area contributed by atoms with Gasteiger partial charge in [0.05, 0.1) is 49.6 Å². The van der Waals surface area contributed by atoms with E-state index in [0.29, 0.717) is 13.1 Å². The van der Waals surface area contributed by atoms with Crippen LogP contribution < -0.4 is 0 Å². The molecule has 2 N–H and O–H groups in total. The largest absolute Gasteiger partial charge is 0.340 e.